The van der Waals surface area contributed by atoms with E-state index in [1.54, 1.807) is 25.1 Å². The van der Waals surface area contributed by atoms with Crippen LogP contribution in [0.3, 0.4) is 0 Å². The second-order valence-corrected chi connectivity index (χ2v) is 6.58. The molecule has 3 rings (SSSR count). The first-order valence-electron chi connectivity index (χ1n) is 9.40. The van der Waals surface area contributed by atoms with Gasteiger partial charge in [-0.3, -0.25) is 9.48 Å². The molecule has 152 valence electrons. The Hall–Kier alpha value is -3.32. The van der Waals surface area contributed by atoms with E-state index in [9.17, 15) is 4.79 Å². The minimum Gasteiger partial charge on any atom is -0.497 e. The van der Waals surface area contributed by atoms with Gasteiger partial charge in [0.15, 0.2) is 0 Å². The summed E-state index contributed by atoms with van der Waals surface area (Å²) in [7, 11) is 5.15. The highest BCUT2D eigenvalue weighted by molar-refractivity contribution is 5.93. The zero-order chi connectivity index (χ0) is 20.6. The molecule has 0 aliphatic carbocycles. The van der Waals surface area contributed by atoms with E-state index >= 15 is 0 Å². The normalized spacial score (nSPS) is 10.6. The van der Waals surface area contributed by atoms with E-state index < -0.39 is 0 Å². The molecule has 0 aliphatic heterocycles. The second kappa shape index (κ2) is 9.75. The number of methoxy groups -OCH3 is 2. The van der Waals surface area contributed by atoms with Crippen molar-refractivity contribution in [2.45, 2.75) is 6.42 Å². The van der Waals surface area contributed by atoms with Crippen molar-refractivity contribution in [3.05, 3.63) is 60.3 Å². The van der Waals surface area contributed by atoms with Crippen LogP contribution in [-0.2, 0) is 18.3 Å². The molecule has 0 bridgehead atoms. The monoisotopic (exact) mass is 394 g/mol. The van der Waals surface area contributed by atoms with E-state index in [-0.39, 0.29) is 12.5 Å². The third kappa shape index (κ3) is 5.36. The topological polar surface area (TPSA) is 77.4 Å². The van der Waals surface area contributed by atoms with Crippen molar-refractivity contribution in [1.29, 1.82) is 0 Å². The molecule has 0 saturated carbocycles. The molecular formula is C22H26N4O3. The van der Waals surface area contributed by atoms with E-state index in [4.69, 9.17) is 9.47 Å². The van der Waals surface area contributed by atoms with Crippen molar-refractivity contribution in [1.82, 2.24) is 15.1 Å². The molecule has 7 heteroatoms. The molecule has 0 unspecified atom stereocenters. The Morgan fingerprint density at radius 2 is 1.97 bits per heavy atom. The molecule has 1 heterocycles. The molecule has 2 N–H and O–H groups in total. The van der Waals surface area contributed by atoms with Crippen LogP contribution in [0.15, 0.2) is 54.7 Å². The van der Waals surface area contributed by atoms with Gasteiger partial charge in [-0.1, -0.05) is 12.1 Å². The summed E-state index contributed by atoms with van der Waals surface area (Å²) in [5.41, 5.74) is 3.65. The number of aryl methyl sites for hydroxylation is 1. The summed E-state index contributed by atoms with van der Waals surface area (Å²) >= 11 is 0. The highest BCUT2D eigenvalue weighted by Gasteiger charge is 2.11. The predicted molar refractivity (Wildman–Crippen MR) is 113 cm³/mol. The van der Waals surface area contributed by atoms with Gasteiger partial charge in [0.05, 0.1) is 26.5 Å². The largest absolute Gasteiger partial charge is 0.497 e. The zero-order valence-corrected chi connectivity index (χ0v) is 16.9. The molecule has 1 amide bonds. The van der Waals surface area contributed by atoms with Crippen molar-refractivity contribution in [2.75, 3.05) is 32.6 Å². The molecule has 0 aliphatic rings. The van der Waals surface area contributed by atoms with Gasteiger partial charge in [0.25, 0.3) is 0 Å². The molecule has 2 aromatic carbocycles. The molecule has 1 aromatic heterocycles. The number of carbonyl (C=O) groups is 1. The summed E-state index contributed by atoms with van der Waals surface area (Å²) in [4.78, 5) is 12.3. The number of nitrogens with zero attached hydrogens (tertiary/aromatic N) is 2. The van der Waals surface area contributed by atoms with Gasteiger partial charge in [-0.2, -0.15) is 5.10 Å². The number of carbonyl (C=O) groups excluding carboxylic acids is 1. The fraction of sp³-hybridized carbons (Fsp3) is 0.273. The van der Waals surface area contributed by atoms with Gasteiger partial charge in [-0.15, -0.1) is 0 Å². The summed E-state index contributed by atoms with van der Waals surface area (Å²) < 4.78 is 12.4. The Bertz CT molecular complexity index is 968. The van der Waals surface area contributed by atoms with Crippen molar-refractivity contribution < 1.29 is 14.3 Å². The van der Waals surface area contributed by atoms with Gasteiger partial charge in [-0.25, -0.2) is 0 Å². The molecule has 0 spiro atoms. The first-order valence-corrected chi connectivity index (χ1v) is 9.40. The molecule has 0 fully saturated rings. The van der Waals surface area contributed by atoms with Crippen LogP contribution in [-0.4, -0.2) is 43.0 Å². The number of benzene rings is 2. The number of nitrogens with one attached hydrogen (secondary N) is 2. The Morgan fingerprint density at radius 1 is 1.10 bits per heavy atom. The number of hydrogen-bond acceptors (Lipinski definition) is 5. The summed E-state index contributed by atoms with van der Waals surface area (Å²) in [5, 5.41) is 10.3. The van der Waals surface area contributed by atoms with Crippen LogP contribution in [0.25, 0.3) is 11.3 Å². The lowest BCUT2D eigenvalue weighted by Crippen LogP contribution is -2.29. The Labute approximate surface area is 170 Å². The van der Waals surface area contributed by atoms with Crippen molar-refractivity contribution in [3.8, 4) is 22.8 Å². The zero-order valence-electron chi connectivity index (χ0n) is 16.9. The van der Waals surface area contributed by atoms with Crippen molar-refractivity contribution in [2.24, 2.45) is 7.05 Å². The number of anilines is 1. The Morgan fingerprint density at radius 3 is 2.69 bits per heavy atom. The van der Waals surface area contributed by atoms with Gasteiger partial charge in [-0.05, 0) is 54.9 Å². The molecule has 0 saturated heterocycles. The smallest absolute Gasteiger partial charge is 0.238 e. The quantitative estimate of drug-likeness (QED) is 0.546. The van der Waals surface area contributed by atoms with Crippen LogP contribution in [0.4, 0.5) is 5.69 Å². The van der Waals surface area contributed by atoms with E-state index in [1.807, 2.05) is 55.6 Å². The minimum atomic E-state index is -0.100. The number of ether oxygens (including phenoxy) is 2. The van der Waals surface area contributed by atoms with Gasteiger partial charge in [0.2, 0.25) is 5.91 Å². The highest BCUT2D eigenvalue weighted by Crippen LogP contribution is 2.32. The lowest BCUT2D eigenvalue weighted by molar-refractivity contribution is -0.115. The number of hydrogen-bond donors (Lipinski definition) is 2. The maximum Gasteiger partial charge on any atom is 0.238 e. The molecule has 0 atom stereocenters. The first kappa shape index (κ1) is 20.4. The summed E-state index contributed by atoms with van der Waals surface area (Å²) in [6.45, 7) is 0.931. The van der Waals surface area contributed by atoms with E-state index in [2.05, 4.69) is 15.7 Å². The van der Waals surface area contributed by atoms with Crippen molar-refractivity contribution in [3.63, 3.8) is 0 Å². The minimum absolute atomic E-state index is 0.100. The Balaban J connectivity index is 1.54. The molecule has 29 heavy (non-hydrogen) atoms. The number of amides is 1. The van der Waals surface area contributed by atoms with E-state index in [1.165, 1.54) is 0 Å². The summed E-state index contributed by atoms with van der Waals surface area (Å²) in [5.74, 6) is 1.46. The maximum atomic E-state index is 12.3. The van der Waals surface area contributed by atoms with Crippen LogP contribution < -0.4 is 20.1 Å². The summed E-state index contributed by atoms with van der Waals surface area (Å²) in [6, 6.07) is 15.4. The Kier molecular flexibility index (Phi) is 6.86. The van der Waals surface area contributed by atoms with Gasteiger partial charge < -0.3 is 20.1 Å². The SMILES string of the molecule is COc1cccc(CCNCC(=O)Nc2ccc(OC)c(-c3ccnn3C)c2)c1. The van der Waals surface area contributed by atoms with E-state index in [0.717, 1.165) is 34.7 Å². The lowest BCUT2D eigenvalue weighted by Gasteiger charge is -2.12. The standard InChI is InChI=1S/C22H26N4O3/c1-26-20(10-12-24-26)19-14-17(7-8-21(19)29-3)25-22(27)15-23-11-9-16-5-4-6-18(13-16)28-2/h4-8,10,12-14,23H,9,11,15H2,1-3H3,(H,25,27). The maximum absolute atomic E-state index is 12.3. The van der Waals surface area contributed by atoms with Crippen LogP contribution >= 0.6 is 0 Å². The van der Waals surface area contributed by atoms with E-state index in [0.29, 0.717) is 12.2 Å². The first-order chi connectivity index (χ1) is 14.1. The molecule has 7 nitrogen and oxygen atoms in total. The van der Waals surface area contributed by atoms with Crippen LogP contribution in [0.2, 0.25) is 0 Å². The van der Waals surface area contributed by atoms with Gasteiger partial charge in [0, 0.05) is 24.5 Å². The lowest BCUT2D eigenvalue weighted by atomic mass is 10.1. The molecular weight excluding hydrogens is 368 g/mol. The third-order valence-electron chi connectivity index (χ3n) is 4.59. The van der Waals surface area contributed by atoms with Gasteiger partial charge >= 0.3 is 0 Å². The fourth-order valence-electron chi connectivity index (χ4n) is 3.09. The summed E-state index contributed by atoms with van der Waals surface area (Å²) in [6.07, 6.45) is 2.55. The number of aromatic nitrogens is 2. The van der Waals surface area contributed by atoms with Crippen molar-refractivity contribution >= 4 is 11.6 Å². The fourth-order valence-corrected chi connectivity index (χ4v) is 3.09. The average Bonchev–Trinajstić information content (AvgIpc) is 3.17. The number of rotatable bonds is 9. The third-order valence-corrected chi connectivity index (χ3v) is 4.59. The second-order valence-electron chi connectivity index (χ2n) is 6.58. The highest BCUT2D eigenvalue weighted by atomic mass is 16.5. The molecule has 3 aromatic rings. The van der Waals surface area contributed by atoms with Crippen LogP contribution in [0.1, 0.15) is 5.56 Å². The molecule has 0 radical (unpaired) electrons. The van der Waals surface area contributed by atoms with Crippen LogP contribution in [0, 0.1) is 0 Å². The van der Waals surface area contributed by atoms with Gasteiger partial charge in [0.1, 0.15) is 11.5 Å². The predicted octanol–water partition coefficient (Wildman–Crippen LogP) is 2.88. The van der Waals surface area contributed by atoms with Crippen LogP contribution in [0.5, 0.6) is 11.5 Å². The average molecular weight is 394 g/mol.